The van der Waals surface area contributed by atoms with Crippen LogP contribution in [-0.4, -0.2) is 14.8 Å². The van der Waals surface area contributed by atoms with Gasteiger partial charge in [-0.2, -0.15) is 0 Å². The molecule has 0 bridgehead atoms. The first-order valence-corrected chi connectivity index (χ1v) is 9.69. The summed E-state index contributed by atoms with van der Waals surface area (Å²) in [5.41, 5.74) is 3.30. The predicted octanol–water partition coefficient (Wildman–Crippen LogP) is 5.86. The number of hydrogen-bond donors (Lipinski definition) is 0. The Balaban J connectivity index is 1.77. The molecule has 0 saturated heterocycles. The second kappa shape index (κ2) is 7.41. The van der Waals surface area contributed by atoms with Gasteiger partial charge in [-0.3, -0.25) is 0 Å². The molecule has 136 valence electrons. The van der Waals surface area contributed by atoms with Crippen molar-refractivity contribution in [1.82, 2.24) is 14.8 Å². The van der Waals surface area contributed by atoms with E-state index in [0.29, 0.717) is 10.8 Å². The van der Waals surface area contributed by atoms with Crippen molar-refractivity contribution in [3.05, 3.63) is 64.4 Å². The van der Waals surface area contributed by atoms with Crippen molar-refractivity contribution in [1.29, 1.82) is 0 Å². The molecule has 0 N–H and O–H groups in total. The van der Waals surface area contributed by atoms with Crippen LogP contribution in [0.2, 0.25) is 5.02 Å². The molecule has 0 saturated carbocycles. The molecule has 3 nitrogen and oxygen atoms in total. The Labute approximate surface area is 162 Å². The summed E-state index contributed by atoms with van der Waals surface area (Å²) in [6, 6.07) is 12.9. The van der Waals surface area contributed by atoms with Crippen molar-refractivity contribution < 1.29 is 4.39 Å². The van der Waals surface area contributed by atoms with Crippen LogP contribution in [0.25, 0.3) is 11.4 Å². The average Bonchev–Trinajstić information content (AvgIpc) is 2.94. The minimum Gasteiger partial charge on any atom is -0.305 e. The monoisotopic (exact) mass is 389 g/mol. The lowest BCUT2D eigenvalue weighted by Gasteiger charge is -2.19. The number of nitrogens with zero attached hydrogens (tertiary/aromatic N) is 3. The molecule has 6 heteroatoms. The smallest absolute Gasteiger partial charge is 0.191 e. The molecular formula is C20H21ClFN3S. The standard InChI is InChI=1S/C20H21ClFN3S/c1-20(2,3)15-8-5-13(6-9-15)18-23-24-19(25(18)4)26-12-14-7-10-16(22)11-17(14)21/h5-11H,12H2,1-4H3. The summed E-state index contributed by atoms with van der Waals surface area (Å²) in [6.07, 6.45) is 0. The first kappa shape index (κ1) is 18.9. The predicted molar refractivity (Wildman–Crippen MR) is 106 cm³/mol. The van der Waals surface area contributed by atoms with Gasteiger partial charge in [0.05, 0.1) is 0 Å². The molecule has 0 aliphatic rings. The minimum atomic E-state index is -0.330. The average molecular weight is 390 g/mol. The van der Waals surface area contributed by atoms with Crippen LogP contribution in [-0.2, 0) is 18.2 Å². The molecule has 0 atom stereocenters. The van der Waals surface area contributed by atoms with Gasteiger partial charge in [-0.05, 0) is 28.7 Å². The Morgan fingerprint density at radius 1 is 1.08 bits per heavy atom. The maximum Gasteiger partial charge on any atom is 0.191 e. The number of hydrogen-bond acceptors (Lipinski definition) is 3. The van der Waals surface area contributed by atoms with Crippen molar-refractivity contribution in [3.8, 4) is 11.4 Å². The van der Waals surface area contributed by atoms with Gasteiger partial charge in [-0.1, -0.05) is 74.5 Å². The van der Waals surface area contributed by atoms with E-state index in [0.717, 1.165) is 22.1 Å². The lowest BCUT2D eigenvalue weighted by molar-refractivity contribution is 0.590. The summed E-state index contributed by atoms with van der Waals surface area (Å²) in [7, 11) is 1.95. The third-order valence-corrected chi connectivity index (χ3v) is 5.64. The molecule has 1 heterocycles. The van der Waals surface area contributed by atoms with Gasteiger partial charge in [0, 0.05) is 23.4 Å². The molecular weight excluding hydrogens is 369 g/mol. The third-order valence-electron chi connectivity index (χ3n) is 4.22. The Bertz CT molecular complexity index is 914. The first-order valence-electron chi connectivity index (χ1n) is 8.33. The maximum absolute atomic E-state index is 13.2. The molecule has 26 heavy (non-hydrogen) atoms. The van der Waals surface area contributed by atoms with Gasteiger partial charge in [0.25, 0.3) is 0 Å². The van der Waals surface area contributed by atoms with E-state index in [2.05, 4.69) is 55.2 Å². The van der Waals surface area contributed by atoms with Crippen LogP contribution in [0.1, 0.15) is 31.9 Å². The summed E-state index contributed by atoms with van der Waals surface area (Å²) in [5.74, 6) is 1.09. The summed E-state index contributed by atoms with van der Waals surface area (Å²) in [4.78, 5) is 0. The van der Waals surface area contributed by atoms with E-state index >= 15 is 0 Å². The van der Waals surface area contributed by atoms with Crippen molar-refractivity contribution >= 4 is 23.4 Å². The van der Waals surface area contributed by atoms with E-state index in [-0.39, 0.29) is 11.2 Å². The van der Waals surface area contributed by atoms with Gasteiger partial charge >= 0.3 is 0 Å². The third kappa shape index (κ3) is 4.10. The van der Waals surface area contributed by atoms with Crippen molar-refractivity contribution in [3.63, 3.8) is 0 Å². The summed E-state index contributed by atoms with van der Waals surface area (Å²) in [5, 5.41) is 9.83. The Kier molecular flexibility index (Phi) is 5.39. The quantitative estimate of drug-likeness (QED) is 0.523. The molecule has 3 rings (SSSR count). The molecule has 0 unspecified atom stereocenters. The summed E-state index contributed by atoms with van der Waals surface area (Å²) < 4.78 is 15.1. The van der Waals surface area contributed by atoms with Crippen LogP contribution in [0.4, 0.5) is 4.39 Å². The zero-order chi connectivity index (χ0) is 18.9. The number of aromatic nitrogens is 3. The highest BCUT2D eigenvalue weighted by Gasteiger charge is 2.16. The van der Waals surface area contributed by atoms with Crippen LogP contribution in [0.15, 0.2) is 47.6 Å². The molecule has 0 amide bonds. The van der Waals surface area contributed by atoms with Crippen molar-refractivity contribution in [2.24, 2.45) is 7.05 Å². The summed E-state index contributed by atoms with van der Waals surface area (Å²) in [6.45, 7) is 6.58. The van der Waals surface area contributed by atoms with Gasteiger partial charge in [0.2, 0.25) is 0 Å². The molecule has 0 aliphatic carbocycles. The topological polar surface area (TPSA) is 30.7 Å². The minimum absolute atomic E-state index is 0.119. The van der Waals surface area contributed by atoms with Crippen molar-refractivity contribution in [2.45, 2.75) is 37.1 Å². The zero-order valence-corrected chi connectivity index (χ0v) is 16.8. The maximum atomic E-state index is 13.2. The lowest BCUT2D eigenvalue weighted by atomic mass is 9.87. The normalized spacial score (nSPS) is 11.8. The van der Waals surface area contributed by atoms with Gasteiger partial charge in [-0.25, -0.2) is 4.39 Å². The molecule has 1 aromatic heterocycles. The van der Waals surface area contributed by atoms with Crippen molar-refractivity contribution in [2.75, 3.05) is 0 Å². The summed E-state index contributed by atoms with van der Waals surface area (Å²) >= 11 is 7.62. The van der Waals surface area contributed by atoms with Gasteiger partial charge < -0.3 is 4.57 Å². The van der Waals surface area contributed by atoms with Gasteiger partial charge in [-0.15, -0.1) is 10.2 Å². The second-order valence-electron chi connectivity index (χ2n) is 7.22. The highest BCUT2D eigenvalue weighted by molar-refractivity contribution is 7.98. The molecule has 0 fully saturated rings. The van der Waals surface area contributed by atoms with E-state index in [4.69, 9.17) is 11.6 Å². The van der Waals surface area contributed by atoms with Crippen LogP contribution in [0.3, 0.4) is 0 Å². The van der Waals surface area contributed by atoms with Gasteiger partial charge in [0.15, 0.2) is 11.0 Å². The SMILES string of the molecule is Cn1c(SCc2ccc(F)cc2Cl)nnc1-c1ccc(C(C)(C)C)cc1. The zero-order valence-electron chi connectivity index (χ0n) is 15.3. The van der Waals surface area contributed by atoms with Crippen LogP contribution >= 0.6 is 23.4 Å². The van der Waals surface area contributed by atoms with E-state index in [1.807, 2.05) is 11.6 Å². The Hall–Kier alpha value is -1.85. The fourth-order valence-electron chi connectivity index (χ4n) is 2.59. The molecule has 0 radical (unpaired) electrons. The van der Waals surface area contributed by atoms with Crippen LogP contribution in [0.5, 0.6) is 0 Å². The van der Waals surface area contributed by atoms with E-state index in [1.165, 1.54) is 29.5 Å². The first-order chi connectivity index (χ1) is 12.3. The Morgan fingerprint density at radius 2 is 1.77 bits per heavy atom. The number of rotatable bonds is 4. The lowest BCUT2D eigenvalue weighted by Crippen LogP contribution is -2.10. The van der Waals surface area contributed by atoms with Crippen LogP contribution in [0, 0.1) is 5.82 Å². The molecule has 0 aliphatic heterocycles. The number of benzene rings is 2. The van der Waals surface area contributed by atoms with E-state index in [1.54, 1.807) is 6.07 Å². The van der Waals surface area contributed by atoms with E-state index in [9.17, 15) is 4.39 Å². The highest BCUT2D eigenvalue weighted by Crippen LogP contribution is 2.29. The molecule has 2 aromatic carbocycles. The number of halogens is 2. The van der Waals surface area contributed by atoms with Crippen LogP contribution < -0.4 is 0 Å². The fourth-order valence-corrected chi connectivity index (χ4v) is 3.82. The highest BCUT2D eigenvalue weighted by atomic mass is 35.5. The largest absolute Gasteiger partial charge is 0.305 e. The second-order valence-corrected chi connectivity index (χ2v) is 8.57. The fraction of sp³-hybridized carbons (Fsp3) is 0.300. The van der Waals surface area contributed by atoms with Gasteiger partial charge in [0.1, 0.15) is 5.82 Å². The van der Waals surface area contributed by atoms with E-state index < -0.39 is 0 Å². The molecule has 0 spiro atoms. The number of thioether (sulfide) groups is 1. The Morgan fingerprint density at radius 3 is 2.38 bits per heavy atom. The molecule has 3 aromatic rings.